The summed E-state index contributed by atoms with van der Waals surface area (Å²) in [6, 6.07) is 13.5. The minimum absolute atomic E-state index is 0. The Hall–Kier alpha value is -2.46. The van der Waals surface area contributed by atoms with Crippen LogP contribution in [0.1, 0.15) is 41.9 Å². The molecule has 0 spiro atoms. The van der Waals surface area contributed by atoms with Crippen LogP contribution in [0.25, 0.3) is 0 Å². The lowest BCUT2D eigenvalue weighted by Crippen LogP contribution is -2.41. The van der Waals surface area contributed by atoms with Crippen molar-refractivity contribution in [1.29, 1.82) is 0 Å². The molecule has 0 saturated carbocycles. The fourth-order valence-electron chi connectivity index (χ4n) is 5.57. The van der Waals surface area contributed by atoms with Gasteiger partial charge in [-0.25, -0.2) is 22.5 Å². The molecule has 0 radical (unpaired) electrons. The number of aryl methyl sites for hydroxylation is 2. The van der Waals surface area contributed by atoms with Crippen LogP contribution in [0.4, 0.5) is 4.39 Å². The van der Waals surface area contributed by atoms with E-state index in [1.807, 2.05) is 12.1 Å². The molecule has 3 aromatic rings. The third-order valence-corrected chi connectivity index (χ3v) is 8.61. The molecule has 0 amide bonds. The van der Waals surface area contributed by atoms with Crippen LogP contribution in [0.3, 0.4) is 0 Å². The summed E-state index contributed by atoms with van der Waals surface area (Å²) in [5.41, 5.74) is 3.58. The smallest absolute Gasteiger partial charge is 0.259 e. The maximum Gasteiger partial charge on any atom is 0.259 e. The minimum atomic E-state index is -3.67. The van der Waals surface area contributed by atoms with Crippen molar-refractivity contribution in [3.05, 3.63) is 77.5 Å². The van der Waals surface area contributed by atoms with E-state index in [1.165, 1.54) is 42.6 Å². The molecule has 1 saturated heterocycles. The van der Waals surface area contributed by atoms with Crippen LogP contribution < -0.4 is 9.46 Å². The fraction of sp³-hybridized carbons (Fsp3) is 0.444. The van der Waals surface area contributed by atoms with Gasteiger partial charge in [-0.3, -0.25) is 4.90 Å². The van der Waals surface area contributed by atoms with Crippen LogP contribution in [0.5, 0.6) is 5.75 Å². The zero-order valence-corrected chi connectivity index (χ0v) is 22.6. The van der Waals surface area contributed by atoms with Crippen LogP contribution >= 0.6 is 12.4 Å². The summed E-state index contributed by atoms with van der Waals surface area (Å²) in [4.78, 5) is 6.51. The van der Waals surface area contributed by atoms with Crippen LogP contribution in [0.2, 0.25) is 0 Å². The van der Waals surface area contributed by atoms with Gasteiger partial charge in [0, 0.05) is 31.7 Å². The molecule has 1 N–H and O–H groups in total. The van der Waals surface area contributed by atoms with E-state index >= 15 is 0 Å². The highest BCUT2D eigenvalue weighted by molar-refractivity contribution is 7.89. The Labute approximate surface area is 224 Å². The summed E-state index contributed by atoms with van der Waals surface area (Å²) in [7, 11) is -1.95. The predicted octanol–water partition coefficient (Wildman–Crippen LogP) is 4.08. The largest absolute Gasteiger partial charge is 0.492 e. The number of sulfonamides is 1. The Kier molecular flexibility index (Phi) is 8.90. The second-order valence-electron chi connectivity index (χ2n) is 9.77. The lowest BCUT2D eigenvalue weighted by molar-refractivity contribution is 0.188. The number of benzene rings is 2. The van der Waals surface area contributed by atoms with Gasteiger partial charge in [-0.2, -0.15) is 0 Å². The van der Waals surface area contributed by atoms with Crippen molar-refractivity contribution in [2.45, 2.75) is 49.1 Å². The van der Waals surface area contributed by atoms with Gasteiger partial charge in [0.05, 0.1) is 6.33 Å². The molecule has 1 fully saturated rings. The zero-order valence-electron chi connectivity index (χ0n) is 21.0. The second kappa shape index (κ2) is 11.9. The Morgan fingerprint density at radius 1 is 1.16 bits per heavy atom. The number of nitrogens with one attached hydrogen (secondary N) is 1. The van der Waals surface area contributed by atoms with Crippen molar-refractivity contribution < 1.29 is 17.5 Å². The number of halogens is 2. The maximum atomic E-state index is 14.0. The lowest BCUT2D eigenvalue weighted by atomic mass is 9.75. The van der Waals surface area contributed by atoms with Gasteiger partial charge in [0.15, 0.2) is 5.03 Å². The van der Waals surface area contributed by atoms with Crippen molar-refractivity contribution in [3.63, 3.8) is 0 Å². The predicted molar refractivity (Wildman–Crippen MR) is 143 cm³/mol. The number of hydrogen-bond acceptors (Lipinski definition) is 5. The standard InChI is InChI=1S/C27H33FN4O3S.ClH/c1-31-18-27(29-19-31)36(33,34)30-11-14-35-23-9-7-21-8-10-26(32-12-2-3-13-32)25(24(21)17-23)16-20-5-4-6-22(28)15-20;/h4-7,9,15,17-19,25-26,30H,2-3,8,10-14,16H2,1H3;1H. The molecule has 2 heterocycles. The SMILES string of the molecule is Cl.Cn1cnc(S(=O)(=O)NCCOc2ccc3c(c2)C(Cc2cccc(F)c2)C(N2CCCC2)CC3)c1. The summed E-state index contributed by atoms with van der Waals surface area (Å²) in [5, 5.41) is -0.00748. The number of nitrogens with zero attached hydrogens (tertiary/aromatic N) is 3. The third kappa shape index (κ3) is 6.52. The summed E-state index contributed by atoms with van der Waals surface area (Å²) in [6.07, 6.45) is 8.26. The maximum absolute atomic E-state index is 14.0. The van der Waals surface area contributed by atoms with E-state index in [4.69, 9.17) is 4.74 Å². The van der Waals surface area contributed by atoms with Gasteiger partial charge >= 0.3 is 0 Å². The van der Waals surface area contributed by atoms with E-state index in [2.05, 4.69) is 26.7 Å². The summed E-state index contributed by atoms with van der Waals surface area (Å²) < 4.78 is 48.8. The molecule has 2 atom stereocenters. The normalized spacial score (nSPS) is 19.8. The number of likely N-dealkylation sites (tertiary alicyclic amines) is 1. The number of aromatic nitrogens is 2. The van der Waals surface area contributed by atoms with Crippen molar-refractivity contribution >= 4 is 22.4 Å². The minimum Gasteiger partial charge on any atom is -0.492 e. The van der Waals surface area contributed by atoms with E-state index in [1.54, 1.807) is 23.7 Å². The van der Waals surface area contributed by atoms with E-state index in [0.717, 1.165) is 43.7 Å². The molecular formula is C27H34ClFN4O3S. The van der Waals surface area contributed by atoms with E-state index in [9.17, 15) is 12.8 Å². The molecule has 1 aliphatic heterocycles. The molecule has 2 aliphatic rings. The first kappa shape index (κ1) is 27.6. The van der Waals surface area contributed by atoms with Gasteiger partial charge in [-0.15, -0.1) is 12.4 Å². The van der Waals surface area contributed by atoms with Gasteiger partial charge < -0.3 is 9.30 Å². The van der Waals surface area contributed by atoms with Gasteiger partial charge in [-0.05, 0) is 86.1 Å². The molecule has 200 valence electrons. The molecule has 0 bridgehead atoms. The monoisotopic (exact) mass is 548 g/mol. The van der Waals surface area contributed by atoms with Crippen molar-refractivity contribution in [2.75, 3.05) is 26.2 Å². The van der Waals surface area contributed by atoms with Gasteiger partial charge in [0.2, 0.25) is 0 Å². The van der Waals surface area contributed by atoms with Crippen LogP contribution in [-0.4, -0.2) is 55.2 Å². The van der Waals surface area contributed by atoms with Crippen molar-refractivity contribution in [3.8, 4) is 5.75 Å². The molecule has 10 heteroatoms. The molecule has 1 aromatic heterocycles. The molecule has 37 heavy (non-hydrogen) atoms. The van der Waals surface area contributed by atoms with Crippen molar-refractivity contribution in [2.24, 2.45) is 7.05 Å². The topological polar surface area (TPSA) is 76.5 Å². The summed E-state index contributed by atoms with van der Waals surface area (Å²) in [6.45, 7) is 2.58. The first-order valence-electron chi connectivity index (χ1n) is 12.6. The van der Waals surface area contributed by atoms with Crippen LogP contribution in [-0.2, 0) is 29.9 Å². The van der Waals surface area contributed by atoms with Crippen molar-refractivity contribution in [1.82, 2.24) is 19.2 Å². The number of hydrogen-bond donors (Lipinski definition) is 1. The second-order valence-corrected chi connectivity index (χ2v) is 11.5. The number of fused-ring (bicyclic) bond motifs is 1. The Morgan fingerprint density at radius 3 is 2.70 bits per heavy atom. The summed E-state index contributed by atoms with van der Waals surface area (Å²) >= 11 is 0. The Bertz CT molecular complexity index is 1310. The average molecular weight is 549 g/mol. The molecule has 1 aliphatic carbocycles. The molecule has 7 nitrogen and oxygen atoms in total. The van der Waals surface area contributed by atoms with Gasteiger partial charge in [-0.1, -0.05) is 18.2 Å². The Morgan fingerprint density at radius 2 is 1.97 bits per heavy atom. The highest BCUT2D eigenvalue weighted by atomic mass is 35.5. The molecule has 5 rings (SSSR count). The highest BCUT2D eigenvalue weighted by Crippen LogP contribution is 2.40. The van der Waals surface area contributed by atoms with Crippen LogP contribution in [0.15, 0.2) is 60.0 Å². The van der Waals surface area contributed by atoms with Gasteiger partial charge in [0.25, 0.3) is 10.0 Å². The number of rotatable bonds is 9. The molecule has 2 aromatic carbocycles. The molecule has 2 unspecified atom stereocenters. The zero-order chi connectivity index (χ0) is 25.1. The number of ether oxygens (including phenoxy) is 1. The van der Waals surface area contributed by atoms with Crippen LogP contribution in [0, 0.1) is 5.82 Å². The summed E-state index contributed by atoms with van der Waals surface area (Å²) in [5.74, 6) is 0.767. The highest BCUT2D eigenvalue weighted by Gasteiger charge is 2.35. The lowest BCUT2D eigenvalue weighted by Gasteiger charge is -2.39. The third-order valence-electron chi connectivity index (χ3n) is 7.26. The average Bonchev–Trinajstić information content (AvgIpc) is 3.55. The molecular weight excluding hydrogens is 515 g/mol. The first-order valence-corrected chi connectivity index (χ1v) is 14.1. The van der Waals surface area contributed by atoms with Gasteiger partial charge in [0.1, 0.15) is 18.2 Å². The Balaban J connectivity index is 0.00000320. The quantitative estimate of drug-likeness (QED) is 0.408. The first-order chi connectivity index (χ1) is 17.4. The number of imidazole rings is 1. The van der Waals surface area contributed by atoms with E-state index in [-0.39, 0.29) is 42.3 Å². The van der Waals surface area contributed by atoms with E-state index < -0.39 is 10.0 Å². The fourth-order valence-corrected chi connectivity index (χ4v) is 6.56. The van der Waals surface area contributed by atoms with E-state index in [0.29, 0.717) is 6.04 Å².